The summed E-state index contributed by atoms with van der Waals surface area (Å²) in [7, 11) is 1.89. The third-order valence-electron chi connectivity index (χ3n) is 10.7. The van der Waals surface area contributed by atoms with Gasteiger partial charge in [0.1, 0.15) is 5.83 Å². The number of aliphatic hydroxyl groups excluding tert-OH is 1. The van der Waals surface area contributed by atoms with E-state index in [-0.39, 0.29) is 11.7 Å². The monoisotopic (exact) mass is 676 g/mol. The highest BCUT2D eigenvalue weighted by Crippen LogP contribution is 2.43. The summed E-state index contributed by atoms with van der Waals surface area (Å²) in [5.41, 5.74) is 10.2. The molecule has 4 aromatic rings. The Hall–Kier alpha value is -4.18. The van der Waals surface area contributed by atoms with Gasteiger partial charge in [0, 0.05) is 57.2 Å². The van der Waals surface area contributed by atoms with Gasteiger partial charge in [-0.1, -0.05) is 36.8 Å². The first kappa shape index (κ1) is 34.3. The van der Waals surface area contributed by atoms with Gasteiger partial charge in [-0.25, -0.2) is 9.37 Å². The van der Waals surface area contributed by atoms with E-state index in [1.54, 1.807) is 13.0 Å². The number of carbonyl (C=O) groups excluding carboxylic acids is 1. The highest BCUT2D eigenvalue weighted by Gasteiger charge is 2.29. The van der Waals surface area contributed by atoms with Crippen molar-refractivity contribution in [1.29, 1.82) is 0 Å². The van der Waals surface area contributed by atoms with Gasteiger partial charge in [0.15, 0.2) is 5.82 Å². The third kappa shape index (κ3) is 7.31. The SMILES string of the molecule is Cc1c(/C=C(\F)c2cc(C3CC3)c(CN3CCCCC3)cn2)cccc1-c1cccc(NC(=O)c2nc3c(n2C)CCN(C[C@@H](C)O)C3)c1C. The van der Waals surface area contributed by atoms with Gasteiger partial charge in [-0.05, 0) is 123 Å². The lowest BCUT2D eigenvalue weighted by Crippen LogP contribution is -2.36. The number of halogens is 1. The minimum atomic E-state index is -0.415. The smallest absolute Gasteiger partial charge is 0.291 e. The van der Waals surface area contributed by atoms with Crippen molar-refractivity contribution in [2.24, 2.45) is 7.05 Å². The van der Waals surface area contributed by atoms with E-state index in [1.807, 2.05) is 74.1 Å². The Morgan fingerprint density at radius 3 is 2.52 bits per heavy atom. The predicted octanol–water partition coefficient (Wildman–Crippen LogP) is 7.42. The number of likely N-dealkylation sites (tertiary alicyclic amines) is 1. The van der Waals surface area contributed by atoms with Crippen molar-refractivity contribution in [3.63, 3.8) is 0 Å². The average molecular weight is 677 g/mol. The van der Waals surface area contributed by atoms with Crippen LogP contribution in [0.25, 0.3) is 23.0 Å². The number of hydrogen-bond acceptors (Lipinski definition) is 6. The molecule has 2 fully saturated rings. The molecule has 50 heavy (non-hydrogen) atoms. The molecule has 8 nitrogen and oxygen atoms in total. The van der Waals surface area contributed by atoms with Crippen molar-refractivity contribution in [1.82, 2.24) is 24.3 Å². The first-order valence-electron chi connectivity index (χ1n) is 18.2. The van der Waals surface area contributed by atoms with Gasteiger partial charge in [0.05, 0.1) is 17.5 Å². The minimum Gasteiger partial charge on any atom is -0.392 e. The second kappa shape index (κ2) is 14.6. The molecule has 4 heterocycles. The Bertz CT molecular complexity index is 1920. The zero-order valence-corrected chi connectivity index (χ0v) is 29.8. The van der Waals surface area contributed by atoms with E-state index in [4.69, 9.17) is 4.98 Å². The fourth-order valence-corrected chi connectivity index (χ4v) is 7.76. The molecule has 0 spiro atoms. The van der Waals surface area contributed by atoms with Crippen molar-refractivity contribution in [2.45, 2.75) is 84.4 Å². The molecule has 2 aromatic heterocycles. The van der Waals surface area contributed by atoms with Crippen molar-refractivity contribution in [2.75, 3.05) is 31.5 Å². The molecule has 3 aliphatic rings. The van der Waals surface area contributed by atoms with Crippen molar-refractivity contribution in [3.8, 4) is 11.1 Å². The molecule has 1 saturated carbocycles. The number of rotatable bonds is 10. The van der Waals surface area contributed by atoms with Crippen LogP contribution in [0.5, 0.6) is 0 Å². The first-order valence-corrected chi connectivity index (χ1v) is 18.2. The number of nitrogens with zero attached hydrogens (tertiary/aromatic N) is 5. The molecule has 0 unspecified atom stereocenters. The number of piperidine rings is 1. The first-order chi connectivity index (χ1) is 24.2. The number of imidazole rings is 1. The number of aliphatic hydroxyl groups is 1. The van der Waals surface area contributed by atoms with E-state index in [9.17, 15) is 9.90 Å². The maximum absolute atomic E-state index is 16.0. The van der Waals surface area contributed by atoms with Crippen LogP contribution < -0.4 is 5.32 Å². The van der Waals surface area contributed by atoms with E-state index in [1.165, 1.54) is 30.4 Å². The lowest BCUT2D eigenvalue weighted by molar-refractivity contribution is 0.101. The third-order valence-corrected chi connectivity index (χ3v) is 10.7. The van der Waals surface area contributed by atoms with Gasteiger partial charge in [-0.15, -0.1) is 0 Å². The van der Waals surface area contributed by atoms with Gasteiger partial charge >= 0.3 is 0 Å². The number of benzene rings is 2. The Morgan fingerprint density at radius 2 is 1.78 bits per heavy atom. The van der Waals surface area contributed by atoms with E-state index < -0.39 is 6.10 Å². The van der Waals surface area contributed by atoms with Crippen LogP contribution in [-0.2, 0) is 26.6 Å². The summed E-state index contributed by atoms with van der Waals surface area (Å²) in [6.45, 7) is 11.0. The van der Waals surface area contributed by atoms with E-state index in [2.05, 4.69) is 20.1 Å². The zero-order valence-electron chi connectivity index (χ0n) is 29.8. The lowest BCUT2D eigenvalue weighted by atomic mass is 9.92. The van der Waals surface area contributed by atoms with Crippen LogP contribution >= 0.6 is 0 Å². The Kier molecular flexibility index (Phi) is 10.00. The maximum atomic E-state index is 16.0. The number of anilines is 1. The number of carbonyl (C=O) groups is 1. The van der Waals surface area contributed by atoms with E-state index in [0.29, 0.717) is 36.2 Å². The molecule has 0 bridgehead atoms. The Balaban J connectivity index is 1.11. The van der Waals surface area contributed by atoms with Crippen molar-refractivity contribution >= 4 is 23.5 Å². The molecule has 1 atom stereocenters. The molecule has 1 aliphatic carbocycles. The normalized spacial score (nSPS) is 17.8. The van der Waals surface area contributed by atoms with Gasteiger partial charge < -0.3 is 15.0 Å². The molecule has 262 valence electrons. The molecule has 2 aliphatic heterocycles. The number of hydrogen-bond donors (Lipinski definition) is 2. The Labute approximate surface area is 295 Å². The van der Waals surface area contributed by atoms with E-state index in [0.717, 1.165) is 84.6 Å². The maximum Gasteiger partial charge on any atom is 0.291 e. The second-order valence-electron chi connectivity index (χ2n) is 14.5. The number of nitrogens with one attached hydrogen (secondary N) is 1. The fourth-order valence-electron chi connectivity index (χ4n) is 7.76. The van der Waals surface area contributed by atoms with Crippen LogP contribution in [-0.4, -0.2) is 67.6 Å². The molecule has 2 N–H and O–H groups in total. The number of aromatic nitrogens is 3. The van der Waals surface area contributed by atoms with Gasteiger partial charge in [-0.3, -0.25) is 19.6 Å². The van der Waals surface area contributed by atoms with Crippen LogP contribution in [0.3, 0.4) is 0 Å². The molecule has 1 amide bonds. The summed E-state index contributed by atoms with van der Waals surface area (Å²) in [6, 6.07) is 13.8. The zero-order chi connectivity index (χ0) is 34.9. The van der Waals surface area contributed by atoms with Crippen LogP contribution in [0.15, 0.2) is 48.7 Å². The van der Waals surface area contributed by atoms with Crippen LogP contribution in [0.2, 0.25) is 0 Å². The largest absolute Gasteiger partial charge is 0.392 e. The van der Waals surface area contributed by atoms with Gasteiger partial charge in [-0.2, -0.15) is 0 Å². The quantitative estimate of drug-likeness (QED) is 0.182. The molecular formula is C41H49FN6O2. The summed E-state index contributed by atoms with van der Waals surface area (Å²) >= 11 is 0. The van der Waals surface area contributed by atoms with Gasteiger partial charge in [0.2, 0.25) is 0 Å². The minimum absolute atomic E-state index is 0.264. The number of amides is 1. The highest BCUT2D eigenvalue weighted by atomic mass is 19.1. The lowest BCUT2D eigenvalue weighted by Gasteiger charge is -2.27. The van der Waals surface area contributed by atoms with Crippen LogP contribution in [0.4, 0.5) is 10.1 Å². The average Bonchev–Trinajstić information content (AvgIpc) is 3.90. The molecule has 0 radical (unpaired) electrons. The second-order valence-corrected chi connectivity index (χ2v) is 14.5. The van der Waals surface area contributed by atoms with Crippen molar-refractivity contribution in [3.05, 3.63) is 99.4 Å². The predicted molar refractivity (Wildman–Crippen MR) is 197 cm³/mol. The molecule has 2 aromatic carbocycles. The fraction of sp³-hybridized carbons (Fsp3) is 0.439. The summed E-state index contributed by atoms with van der Waals surface area (Å²) in [5.74, 6) is 0.287. The topological polar surface area (TPSA) is 86.5 Å². The summed E-state index contributed by atoms with van der Waals surface area (Å²) in [6.07, 6.45) is 10.00. The van der Waals surface area contributed by atoms with E-state index >= 15 is 4.39 Å². The van der Waals surface area contributed by atoms with Gasteiger partial charge in [0.25, 0.3) is 5.91 Å². The van der Waals surface area contributed by atoms with Crippen molar-refractivity contribution < 1.29 is 14.3 Å². The molecule has 9 heteroatoms. The molecule has 1 saturated heterocycles. The molecule has 7 rings (SSSR count). The Morgan fingerprint density at radius 1 is 1.04 bits per heavy atom. The van der Waals surface area contributed by atoms with Crippen LogP contribution in [0, 0.1) is 13.8 Å². The highest BCUT2D eigenvalue weighted by molar-refractivity contribution is 6.03. The van der Waals surface area contributed by atoms with Crippen LogP contribution in [0.1, 0.15) is 100 Å². The summed E-state index contributed by atoms with van der Waals surface area (Å²) in [4.78, 5) is 27.6. The summed E-state index contributed by atoms with van der Waals surface area (Å²) < 4.78 is 17.8. The number of β-amino-alcohol motifs (C(OH)–C–C–N with tert-alkyl or cyclic N) is 1. The standard InChI is InChI=1S/C41H49FN6O2/c1-26(49)23-48-19-16-39-38(25-48)44-40(46(39)4)41(50)45-36-13-9-12-33(28(36)3)32-11-8-10-30(27(32)2)20-35(42)37-21-34(29-14-15-29)31(22-43-37)24-47-17-6-5-7-18-47/h8-13,20-22,26,29,49H,5-7,14-19,23-25H2,1-4H3,(H,45,50)/b35-20-/t26-/m1/s1. The number of fused-ring (bicyclic) bond motifs is 1. The number of pyridine rings is 1. The summed E-state index contributed by atoms with van der Waals surface area (Å²) in [5, 5.41) is 12.9. The molecular weight excluding hydrogens is 627 g/mol.